The number of aliphatic carboxylic acids is 4. The Morgan fingerprint density at radius 3 is 0.809 bits per heavy atom. The molecule has 41 nitrogen and oxygen atoms in total. The summed E-state index contributed by atoms with van der Waals surface area (Å²) in [7, 11) is 14.5. The van der Waals surface area contributed by atoms with Crippen LogP contribution in [0.25, 0.3) is 0 Å². The number of methoxy groups -OCH3 is 9. The predicted molar refractivity (Wildman–Crippen MR) is 404 cm³/mol. The van der Waals surface area contributed by atoms with Gasteiger partial charge in [-0.05, 0) is 0 Å². The van der Waals surface area contributed by atoms with Crippen molar-refractivity contribution in [1.82, 2.24) is 21.3 Å². The molecule has 2 amide bonds. The Kier molecular flexibility index (Phi) is 132. The molecule has 0 radical (unpaired) electrons. The number of carboxylic acids is 4. The lowest BCUT2D eigenvalue weighted by Crippen LogP contribution is -2.28. The molecule has 0 aromatic heterocycles. The van der Waals surface area contributed by atoms with Crippen molar-refractivity contribution in [3.05, 3.63) is 72.9 Å². The van der Waals surface area contributed by atoms with E-state index in [4.69, 9.17) is 128 Å². The molecule has 0 heterocycles. The molecular formula is C69H133N7O34. The quantitative estimate of drug-likeness (QED) is 0.00954. The molecule has 0 atom stereocenters. The number of carboxylic acid groups (broad SMARTS) is 4. The van der Waals surface area contributed by atoms with Gasteiger partial charge in [0.2, 0.25) is 11.8 Å². The summed E-state index contributed by atoms with van der Waals surface area (Å²) in [6, 6.07) is 0. The Morgan fingerprint density at radius 2 is 0.555 bits per heavy atom. The summed E-state index contributed by atoms with van der Waals surface area (Å²) in [4.78, 5) is 93.1. The van der Waals surface area contributed by atoms with Gasteiger partial charge in [-0.1, -0.05) is 24.3 Å². The second-order valence-electron chi connectivity index (χ2n) is 19.0. The fourth-order valence-corrected chi connectivity index (χ4v) is 5.08. The zero-order valence-electron chi connectivity index (χ0n) is 65.9. The van der Waals surface area contributed by atoms with Gasteiger partial charge in [0.1, 0.15) is 26.1 Å². The van der Waals surface area contributed by atoms with Crippen LogP contribution in [0.5, 0.6) is 0 Å². The van der Waals surface area contributed by atoms with Crippen LogP contribution in [0.4, 0.5) is 0 Å². The molecule has 0 aliphatic carbocycles. The third-order valence-corrected chi connectivity index (χ3v) is 10.1. The Morgan fingerprint density at radius 1 is 0.300 bits per heavy atom. The SMILES string of the molecule is COCCOCC=O.COCCOCCN.COCCOCCNC(=O)/C=C/C(=O)NCCOCCOC.COCCOCCNC/C=C/CNCCOCCOC.COCCOCCO.COCCOCCOC(=O)/C=C/C(=O)OCCOCCOC.NC/C=C/CN.O=C(O)/C=C/C(=O)O.O=C(O)/C=C/C(=O)O. The lowest BCUT2D eigenvalue weighted by atomic mass is 10.4. The predicted octanol–water partition coefficient (Wildman–Crippen LogP) is -2.91. The number of carbonyl (C=O) groups is 9. The third-order valence-electron chi connectivity index (χ3n) is 10.1. The lowest BCUT2D eigenvalue weighted by Gasteiger charge is -2.04. The average Bonchev–Trinajstić information content (AvgIpc) is 1.04. The topological polar surface area (TPSA) is 566 Å². The largest absolute Gasteiger partial charge is 0.478 e. The number of aliphatic hydroxyl groups excluding tert-OH is 1. The van der Waals surface area contributed by atoms with E-state index in [2.05, 4.69) is 42.9 Å². The van der Waals surface area contributed by atoms with Crippen LogP contribution >= 0.6 is 0 Å². The molecule has 648 valence electrons. The Hall–Kier alpha value is -7.09. The number of hydrogen-bond acceptors (Lipinski definition) is 35. The van der Waals surface area contributed by atoms with Crippen LogP contribution in [-0.2, 0) is 138 Å². The Balaban J connectivity index is -0.000000156. The minimum absolute atomic E-state index is 0.0870. The summed E-state index contributed by atoms with van der Waals surface area (Å²) in [5, 5.41) is 51.2. The van der Waals surface area contributed by atoms with Crippen LogP contribution in [0.3, 0.4) is 0 Å². The van der Waals surface area contributed by atoms with Crippen LogP contribution in [0, 0.1) is 0 Å². The molecular weight excluding hydrogens is 1470 g/mol. The van der Waals surface area contributed by atoms with Crippen molar-refractivity contribution in [2.24, 2.45) is 17.2 Å². The van der Waals surface area contributed by atoms with E-state index in [1.54, 1.807) is 64.0 Å². The first-order valence-corrected chi connectivity index (χ1v) is 34.2. The molecule has 0 aliphatic rings. The summed E-state index contributed by atoms with van der Waals surface area (Å²) >= 11 is 0. The molecule has 0 spiro atoms. The molecule has 41 heteroatoms. The minimum Gasteiger partial charge on any atom is -0.478 e. The van der Waals surface area contributed by atoms with E-state index >= 15 is 0 Å². The number of nitrogens with one attached hydrogen (secondary N) is 4. The van der Waals surface area contributed by atoms with Crippen molar-refractivity contribution in [3.63, 3.8) is 0 Å². The molecule has 0 saturated heterocycles. The van der Waals surface area contributed by atoms with Gasteiger partial charge in [0.15, 0.2) is 0 Å². The normalized spacial score (nSPS) is 10.4. The van der Waals surface area contributed by atoms with Crippen LogP contribution in [0.2, 0.25) is 0 Å². The summed E-state index contributed by atoms with van der Waals surface area (Å²) < 4.78 is 98.4. The van der Waals surface area contributed by atoms with E-state index in [-0.39, 0.29) is 51.5 Å². The minimum atomic E-state index is -1.26. The van der Waals surface area contributed by atoms with Gasteiger partial charge < -0.3 is 164 Å². The van der Waals surface area contributed by atoms with Crippen LogP contribution in [0.15, 0.2) is 72.9 Å². The highest BCUT2D eigenvalue weighted by Crippen LogP contribution is 1.89. The van der Waals surface area contributed by atoms with E-state index in [0.29, 0.717) is 216 Å². The van der Waals surface area contributed by atoms with Gasteiger partial charge in [-0.2, -0.15) is 0 Å². The molecule has 15 N–H and O–H groups in total. The van der Waals surface area contributed by atoms with Gasteiger partial charge in [0, 0.05) is 171 Å². The highest BCUT2D eigenvalue weighted by Gasteiger charge is 2.03. The number of amides is 2. The number of nitrogens with two attached hydrogens (primary N) is 3. The maximum Gasteiger partial charge on any atom is 0.331 e. The van der Waals surface area contributed by atoms with E-state index in [0.717, 1.165) is 44.6 Å². The van der Waals surface area contributed by atoms with Gasteiger partial charge in [0.05, 0.1) is 178 Å². The monoisotopic (exact) mass is 1600 g/mol. The highest BCUT2D eigenvalue weighted by atomic mass is 16.6. The fourth-order valence-electron chi connectivity index (χ4n) is 5.08. The molecule has 0 unspecified atom stereocenters. The first kappa shape index (κ1) is 121. The Labute approximate surface area is 647 Å². The molecule has 0 aliphatic heterocycles. The van der Waals surface area contributed by atoms with Gasteiger partial charge in [-0.3, -0.25) is 9.59 Å². The van der Waals surface area contributed by atoms with E-state index in [1.807, 2.05) is 12.2 Å². The van der Waals surface area contributed by atoms with Crippen molar-refractivity contribution in [2.45, 2.75) is 0 Å². The number of carbonyl (C=O) groups excluding carboxylic acids is 5. The summed E-state index contributed by atoms with van der Waals surface area (Å²) in [6.07, 6.45) is 15.2. The van der Waals surface area contributed by atoms with Crippen molar-refractivity contribution < 1.29 is 163 Å². The molecule has 0 saturated carbocycles. The van der Waals surface area contributed by atoms with Crippen LogP contribution < -0.4 is 38.5 Å². The smallest absolute Gasteiger partial charge is 0.331 e. The zero-order chi connectivity index (χ0) is 84.4. The summed E-state index contributed by atoms with van der Waals surface area (Å²) in [5.74, 6) is -6.99. The number of rotatable bonds is 65. The van der Waals surface area contributed by atoms with Crippen molar-refractivity contribution in [3.8, 4) is 0 Å². The number of ether oxygens (including phenoxy) is 20. The van der Waals surface area contributed by atoms with Crippen LogP contribution in [-0.4, -0.2) is 401 Å². The summed E-state index contributed by atoms with van der Waals surface area (Å²) in [5.41, 5.74) is 15.3. The van der Waals surface area contributed by atoms with Gasteiger partial charge in [-0.25, -0.2) is 28.8 Å². The number of esters is 2. The van der Waals surface area contributed by atoms with Crippen molar-refractivity contribution >= 4 is 53.9 Å². The van der Waals surface area contributed by atoms with E-state index in [9.17, 15) is 43.2 Å². The van der Waals surface area contributed by atoms with Crippen LogP contribution in [0.1, 0.15) is 0 Å². The van der Waals surface area contributed by atoms with Crippen molar-refractivity contribution in [1.29, 1.82) is 0 Å². The average molecular weight is 1600 g/mol. The summed E-state index contributed by atoms with van der Waals surface area (Å²) in [6.45, 7) is 20.2. The molecule has 0 rings (SSSR count). The standard InChI is InChI=1S/C14H26N2O6.C14H30N2O4.C14H24O8.C5H13NO2.C5H12O3.C5H10O3.C4H10N2.2C4H4O4/c1-19-9-11-21-7-5-15-13(17)3-4-14(18)16-6-8-22-12-10-20-2;1-17-11-13-19-9-7-15-5-3-4-6-16-8-10-20-14-12-18-2;1-17-5-7-19-9-11-21-13(15)3-4-14(16)22-12-10-20-8-6-18-2;3*1-7-4-5-8-3-2-6;5-3-1-2-4-6;2*5-3(6)1-2-4(7)8/h3-4H,5-12H2,1-2H3,(H,15,17)(H,16,18);3-4,15-16H,5-14H2,1-2H3;3-4H,5-12H2,1-2H3;2-6H2,1H3;6H,2-5H2,1H3;2H,3-5H2,1H3;1-2H,3-6H2;2*1-2H,(H,5,6)(H,7,8)/b3*4-3+;;;;3*2-1+. The first-order chi connectivity index (χ1) is 53.2. The number of hydrogen-bond donors (Lipinski definition) is 12. The fraction of sp³-hybridized carbons (Fsp3) is 0.696. The maximum absolute atomic E-state index is 11.4. The Bertz CT molecular complexity index is 1900. The van der Waals surface area contributed by atoms with Gasteiger partial charge in [0.25, 0.3) is 0 Å². The molecule has 0 fully saturated rings. The molecule has 0 aromatic rings. The van der Waals surface area contributed by atoms with E-state index < -0.39 is 35.8 Å². The van der Waals surface area contributed by atoms with Gasteiger partial charge in [-0.15, -0.1) is 0 Å². The maximum atomic E-state index is 11.4. The third kappa shape index (κ3) is 158. The number of aldehydes is 1. The zero-order valence-corrected chi connectivity index (χ0v) is 65.9. The molecule has 110 heavy (non-hydrogen) atoms. The first-order valence-electron chi connectivity index (χ1n) is 34.2. The second-order valence-corrected chi connectivity index (χ2v) is 19.0. The molecule has 0 bridgehead atoms. The number of aliphatic hydroxyl groups is 1. The van der Waals surface area contributed by atoms with Crippen molar-refractivity contribution in [2.75, 3.05) is 321 Å². The molecule has 0 aromatic carbocycles. The lowest BCUT2D eigenvalue weighted by molar-refractivity contribution is -0.142. The van der Waals surface area contributed by atoms with Gasteiger partial charge >= 0.3 is 35.8 Å². The highest BCUT2D eigenvalue weighted by molar-refractivity contribution is 5.96. The second kappa shape index (κ2) is 120. The van der Waals surface area contributed by atoms with E-state index in [1.165, 1.54) is 12.2 Å².